The van der Waals surface area contributed by atoms with Crippen LogP contribution in [0.15, 0.2) is 21.8 Å². The van der Waals surface area contributed by atoms with Gasteiger partial charge in [0.15, 0.2) is 0 Å². The lowest BCUT2D eigenvalue weighted by Crippen LogP contribution is -1.95. The van der Waals surface area contributed by atoms with Gasteiger partial charge in [-0.3, -0.25) is 0 Å². The van der Waals surface area contributed by atoms with E-state index in [1.165, 1.54) is 12.7 Å². The zero-order chi connectivity index (χ0) is 9.56. The highest BCUT2D eigenvalue weighted by molar-refractivity contribution is 5.78. The second kappa shape index (κ2) is 5.52. The average Bonchev–Trinajstić information content (AvgIpc) is 2.05. The molecule has 0 spiro atoms. The first-order valence-electron chi connectivity index (χ1n) is 3.87. The van der Waals surface area contributed by atoms with Crippen LogP contribution in [0, 0.1) is 5.92 Å². The Bertz CT molecular complexity index is 205. The highest BCUT2D eigenvalue weighted by atomic mass is 16.5. The number of rotatable bonds is 2. The molecule has 0 saturated carbocycles. The minimum absolute atomic E-state index is 0.301. The normalized spacial score (nSPS) is 13.4. The second-order valence-corrected chi connectivity index (χ2v) is 2.80. The van der Waals surface area contributed by atoms with Gasteiger partial charge in [-0.1, -0.05) is 19.4 Å². The summed E-state index contributed by atoms with van der Waals surface area (Å²) in [7, 11) is 1.52. The molecule has 0 saturated heterocycles. The molecule has 0 aromatic carbocycles. The van der Waals surface area contributed by atoms with E-state index in [-0.39, 0.29) is 0 Å². The molecule has 0 atom stereocenters. The number of hydrogen-bond acceptors (Lipinski definition) is 2. The largest absolute Gasteiger partial charge is 0.467 e. The van der Waals surface area contributed by atoms with Crippen LogP contribution in [0.2, 0.25) is 0 Å². The van der Waals surface area contributed by atoms with Crippen LogP contribution in [-0.2, 0) is 4.74 Å². The smallest absolute Gasteiger partial charge is 0.315 e. The molecule has 0 aromatic rings. The van der Waals surface area contributed by atoms with E-state index >= 15 is 0 Å². The highest BCUT2D eigenvalue weighted by Crippen LogP contribution is 2.07. The van der Waals surface area contributed by atoms with Gasteiger partial charge in [0, 0.05) is 6.20 Å². The Hall–Kier alpha value is -1.12. The summed E-state index contributed by atoms with van der Waals surface area (Å²) in [6.07, 6.45) is 1.75. The minimum atomic E-state index is 0.301. The Morgan fingerprint density at radius 3 is 2.42 bits per heavy atom. The van der Waals surface area contributed by atoms with Crippen molar-refractivity contribution >= 4 is 12.7 Å². The first kappa shape index (κ1) is 10.9. The molecule has 0 aliphatic rings. The Labute approximate surface area is 73.9 Å². The van der Waals surface area contributed by atoms with E-state index in [1.54, 1.807) is 6.20 Å². The summed E-state index contributed by atoms with van der Waals surface area (Å²) in [5.74, 6) is 0.497. The Kier molecular flexibility index (Phi) is 5.00. The van der Waals surface area contributed by atoms with Gasteiger partial charge in [0.05, 0.1) is 7.11 Å². The lowest BCUT2D eigenvalue weighted by Gasteiger charge is -2.01. The fourth-order valence-corrected chi connectivity index (χ4v) is 0.464. The molecule has 0 aromatic heterocycles. The molecule has 0 fully saturated rings. The summed E-state index contributed by atoms with van der Waals surface area (Å²) in [5, 5.41) is 0. The molecule has 0 radical (unpaired) electrons. The molecule has 3 heteroatoms. The predicted octanol–water partition coefficient (Wildman–Crippen LogP) is 2.25. The molecule has 0 heterocycles. The summed E-state index contributed by atoms with van der Waals surface area (Å²) >= 11 is 0. The maximum absolute atomic E-state index is 4.81. The lowest BCUT2D eigenvalue weighted by molar-refractivity contribution is 0.397. The van der Waals surface area contributed by atoms with Crippen molar-refractivity contribution in [3.05, 3.63) is 11.8 Å². The van der Waals surface area contributed by atoms with Crippen LogP contribution in [0.3, 0.4) is 0 Å². The average molecular weight is 168 g/mol. The number of methoxy groups -OCH3 is 1. The van der Waals surface area contributed by atoms with Gasteiger partial charge < -0.3 is 4.74 Å². The Morgan fingerprint density at radius 1 is 1.50 bits per heavy atom. The van der Waals surface area contributed by atoms with E-state index in [1.807, 2.05) is 6.92 Å². The van der Waals surface area contributed by atoms with E-state index in [0.717, 1.165) is 0 Å². The van der Waals surface area contributed by atoms with Gasteiger partial charge in [-0.05, 0) is 19.6 Å². The summed E-state index contributed by atoms with van der Waals surface area (Å²) in [6.45, 7) is 9.55. The van der Waals surface area contributed by atoms with Crippen molar-refractivity contribution in [1.29, 1.82) is 0 Å². The van der Waals surface area contributed by atoms with E-state index < -0.39 is 0 Å². The molecule has 0 rings (SSSR count). The number of hydrogen-bond donors (Lipinski definition) is 0. The fraction of sp³-hybridized carbons (Fsp3) is 0.556. The third-order valence-corrected chi connectivity index (χ3v) is 1.61. The fourth-order valence-electron chi connectivity index (χ4n) is 0.464. The number of aliphatic imine (C=N–C) groups is 2. The summed E-state index contributed by atoms with van der Waals surface area (Å²) in [6, 6.07) is 0.301. The first-order valence-corrected chi connectivity index (χ1v) is 3.87. The molecule has 0 aliphatic carbocycles. The molecule has 0 N–H and O–H groups in total. The topological polar surface area (TPSA) is 34.0 Å². The van der Waals surface area contributed by atoms with Crippen LogP contribution in [-0.4, -0.2) is 19.8 Å². The van der Waals surface area contributed by atoms with E-state index in [9.17, 15) is 0 Å². The van der Waals surface area contributed by atoms with E-state index in [0.29, 0.717) is 11.9 Å². The zero-order valence-corrected chi connectivity index (χ0v) is 8.16. The third-order valence-electron chi connectivity index (χ3n) is 1.61. The maximum atomic E-state index is 4.81. The maximum Gasteiger partial charge on any atom is 0.315 e. The van der Waals surface area contributed by atoms with E-state index in [4.69, 9.17) is 4.74 Å². The SMILES string of the molecule is C=N/C(=N\C=C(/C)C(C)C)OC. The Morgan fingerprint density at radius 2 is 2.08 bits per heavy atom. The lowest BCUT2D eigenvalue weighted by atomic mass is 10.1. The standard InChI is InChI=1S/C9H16N2O/c1-7(2)8(3)6-11-9(10-4)12-5/h6-7H,4H2,1-3,5H3/b8-6+,11-9+. The summed E-state index contributed by atoms with van der Waals surface area (Å²) in [5.41, 5.74) is 1.19. The van der Waals surface area contributed by atoms with Crippen LogP contribution < -0.4 is 0 Å². The van der Waals surface area contributed by atoms with Crippen molar-refractivity contribution in [3.63, 3.8) is 0 Å². The second-order valence-electron chi connectivity index (χ2n) is 2.80. The number of nitrogens with zero attached hydrogens (tertiary/aromatic N) is 2. The van der Waals surface area contributed by atoms with Gasteiger partial charge in [-0.2, -0.15) is 0 Å². The van der Waals surface area contributed by atoms with Crippen LogP contribution in [0.25, 0.3) is 0 Å². The highest BCUT2D eigenvalue weighted by Gasteiger charge is 1.95. The number of allylic oxidation sites excluding steroid dienone is 1. The van der Waals surface area contributed by atoms with Gasteiger partial charge >= 0.3 is 6.02 Å². The molecular weight excluding hydrogens is 152 g/mol. The van der Waals surface area contributed by atoms with Gasteiger partial charge in [-0.15, -0.1) is 0 Å². The van der Waals surface area contributed by atoms with Crippen LogP contribution >= 0.6 is 0 Å². The van der Waals surface area contributed by atoms with Gasteiger partial charge in [-0.25, -0.2) is 9.98 Å². The first-order chi connectivity index (χ1) is 5.61. The molecular formula is C9H16N2O. The molecule has 3 nitrogen and oxygen atoms in total. The predicted molar refractivity (Wildman–Crippen MR) is 52.6 cm³/mol. The van der Waals surface area contributed by atoms with Crippen molar-refractivity contribution in [3.8, 4) is 0 Å². The van der Waals surface area contributed by atoms with Gasteiger partial charge in [0.2, 0.25) is 0 Å². The molecule has 0 aliphatic heterocycles. The quantitative estimate of drug-likeness (QED) is 0.460. The molecule has 12 heavy (non-hydrogen) atoms. The van der Waals surface area contributed by atoms with Crippen molar-refractivity contribution < 1.29 is 4.74 Å². The van der Waals surface area contributed by atoms with Crippen LogP contribution in [0.1, 0.15) is 20.8 Å². The van der Waals surface area contributed by atoms with Crippen molar-refractivity contribution in [2.45, 2.75) is 20.8 Å². The van der Waals surface area contributed by atoms with Gasteiger partial charge in [0.1, 0.15) is 0 Å². The third kappa shape index (κ3) is 3.91. The summed E-state index contributed by atoms with van der Waals surface area (Å²) in [4.78, 5) is 7.56. The molecule has 0 amide bonds. The van der Waals surface area contributed by atoms with Crippen molar-refractivity contribution in [1.82, 2.24) is 0 Å². The van der Waals surface area contributed by atoms with E-state index in [2.05, 4.69) is 30.5 Å². The Balaban J connectivity index is 4.34. The van der Waals surface area contributed by atoms with Crippen molar-refractivity contribution in [2.24, 2.45) is 15.9 Å². The molecule has 0 unspecified atom stereocenters. The van der Waals surface area contributed by atoms with Crippen LogP contribution in [0.5, 0.6) is 0 Å². The number of amidine groups is 1. The van der Waals surface area contributed by atoms with Gasteiger partial charge in [0.25, 0.3) is 0 Å². The number of ether oxygens (including phenoxy) is 1. The monoisotopic (exact) mass is 168 g/mol. The summed E-state index contributed by atoms with van der Waals surface area (Å²) < 4.78 is 4.81. The molecule has 68 valence electrons. The minimum Gasteiger partial charge on any atom is -0.467 e. The van der Waals surface area contributed by atoms with Crippen LogP contribution in [0.4, 0.5) is 0 Å². The van der Waals surface area contributed by atoms with Crippen molar-refractivity contribution in [2.75, 3.05) is 7.11 Å². The zero-order valence-electron chi connectivity index (χ0n) is 8.16. The molecule has 0 bridgehead atoms.